The number of aromatic nitrogens is 2. The van der Waals surface area contributed by atoms with Crippen molar-refractivity contribution in [1.29, 1.82) is 0 Å². The molecular formula is C27H28F3N3O2. The SMILES string of the molecule is COc1ccc(-c2cncnc2)cc1C(C)(C)CC(O)(CN1CC=Cc2ccccc21)C(F)(F)F. The maximum atomic E-state index is 14.5. The van der Waals surface area contributed by atoms with Crippen molar-refractivity contribution in [2.75, 3.05) is 25.1 Å². The average molecular weight is 484 g/mol. The average Bonchev–Trinajstić information content (AvgIpc) is 2.83. The van der Waals surface area contributed by atoms with Crippen LogP contribution in [-0.2, 0) is 5.41 Å². The van der Waals surface area contributed by atoms with Crippen LogP contribution < -0.4 is 9.64 Å². The monoisotopic (exact) mass is 483 g/mol. The smallest absolute Gasteiger partial charge is 0.418 e. The second-order valence-corrected chi connectivity index (χ2v) is 9.47. The van der Waals surface area contributed by atoms with E-state index in [4.69, 9.17) is 4.74 Å². The van der Waals surface area contributed by atoms with Gasteiger partial charge in [-0.3, -0.25) is 0 Å². The fourth-order valence-electron chi connectivity index (χ4n) is 4.72. The third-order valence-corrected chi connectivity index (χ3v) is 6.44. The van der Waals surface area contributed by atoms with Crippen molar-refractivity contribution in [2.45, 2.75) is 37.5 Å². The Bertz CT molecular complexity index is 1210. The lowest BCUT2D eigenvalue weighted by Crippen LogP contribution is -2.56. The molecule has 0 aliphatic carbocycles. The number of nitrogens with zero attached hydrogens (tertiary/aromatic N) is 3. The van der Waals surface area contributed by atoms with E-state index in [0.29, 0.717) is 17.0 Å². The van der Waals surface area contributed by atoms with Gasteiger partial charge in [0.25, 0.3) is 0 Å². The van der Waals surface area contributed by atoms with Gasteiger partial charge in [-0.1, -0.05) is 50.3 Å². The Kier molecular flexibility index (Phi) is 6.60. The summed E-state index contributed by atoms with van der Waals surface area (Å²) in [5.41, 5.74) is -0.530. The van der Waals surface area contributed by atoms with Gasteiger partial charge in [0, 0.05) is 35.8 Å². The molecule has 184 valence electrons. The highest BCUT2D eigenvalue weighted by Crippen LogP contribution is 2.45. The molecular weight excluding hydrogens is 455 g/mol. The lowest BCUT2D eigenvalue weighted by Gasteiger charge is -2.42. The van der Waals surface area contributed by atoms with Gasteiger partial charge in [0.1, 0.15) is 12.1 Å². The highest BCUT2D eigenvalue weighted by molar-refractivity contribution is 5.71. The third kappa shape index (κ3) is 5.03. The number of methoxy groups -OCH3 is 1. The Morgan fingerprint density at radius 2 is 1.74 bits per heavy atom. The maximum Gasteiger partial charge on any atom is 0.418 e. The normalized spacial score (nSPS) is 15.5. The minimum atomic E-state index is -4.85. The summed E-state index contributed by atoms with van der Waals surface area (Å²) in [6, 6.07) is 12.6. The summed E-state index contributed by atoms with van der Waals surface area (Å²) in [6.45, 7) is 3.08. The molecule has 1 N–H and O–H groups in total. The fourth-order valence-corrected chi connectivity index (χ4v) is 4.72. The molecule has 2 heterocycles. The van der Waals surface area contributed by atoms with E-state index in [1.807, 2.05) is 24.3 Å². The molecule has 0 saturated carbocycles. The van der Waals surface area contributed by atoms with E-state index in [1.165, 1.54) is 13.4 Å². The number of rotatable bonds is 7. The molecule has 2 aromatic carbocycles. The van der Waals surface area contributed by atoms with Gasteiger partial charge in [0.15, 0.2) is 5.60 Å². The minimum Gasteiger partial charge on any atom is -0.496 e. The first-order valence-corrected chi connectivity index (χ1v) is 11.3. The standard InChI is InChI=1S/C27H28F3N3O2/c1-25(2,22-13-20(10-11-24(22)35-3)21-14-31-18-32-15-21)16-26(34,27(28,29)30)17-33-12-6-8-19-7-4-5-9-23(19)33/h4-11,13-15,18,34H,12,16-17H2,1-3H3. The lowest BCUT2D eigenvalue weighted by molar-refractivity contribution is -0.262. The van der Waals surface area contributed by atoms with Crippen LogP contribution in [0.15, 0.2) is 67.3 Å². The first-order chi connectivity index (χ1) is 16.5. The summed E-state index contributed by atoms with van der Waals surface area (Å²) in [5.74, 6) is 0.450. The predicted octanol–water partition coefficient (Wildman–Crippen LogP) is 5.65. The van der Waals surface area contributed by atoms with Crippen LogP contribution in [0.4, 0.5) is 18.9 Å². The van der Waals surface area contributed by atoms with E-state index in [2.05, 4.69) is 9.97 Å². The summed E-state index contributed by atoms with van der Waals surface area (Å²) in [4.78, 5) is 9.63. The molecule has 0 spiro atoms. The summed E-state index contributed by atoms with van der Waals surface area (Å²) < 4.78 is 48.9. The van der Waals surface area contributed by atoms with Crippen LogP contribution in [0, 0.1) is 0 Å². The molecule has 0 radical (unpaired) electrons. The van der Waals surface area contributed by atoms with Crippen LogP contribution >= 0.6 is 0 Å². The third-order valence-electron chi connectivity index (χ3n) is 6.44. The number of para-hydroxylation sites is 1. The Labute approximate surface area is 202 Å². The molecule has 1 aliphatic rings. The number of β-amino-alcohol motifs (C(OH)–C–C–N with tert-alkyl or cyclic N) is 1. The van der Waals surface area contributed by atoms with Crippen molar-refractivity contribution in [1.82, 2.24) is 9.97 Å². The van der Waals surface area contributed by atoms with E-state index >= 15 is 0 Å². The van der Waals surface area contributed by atoms with Gasteiger partial charge in [0.2, 0.25) is 0 Å². The van der Waals surface area contributed by atoms with Crippen molar-refractivity contribution in [3.05, 3.63) is 78.4 Å². The second-order valence-electron chi connectivity index (χ2n) is 9.47. The molecule has 0 amide bonds. The fraction of sp³-hybridized carbons (Fsp3) is 0.333. The molecule has 4 rings (SSSR count). The Morgan fingerprint density at radius 3 is 2.43 bits per heavy atom. The number of hydrogen-bond donors (Lipinski definition) is 1. The van der Waals surface area contributed by atoms with Gasteiger partial charge in [-0.05, 0) is 41.2 Å². The van der Waals surface area contributed by atoms with Crippen molar-refractivity contribution in [2.24, 2.45) is 0 Å². The summed E-state index contributed by atoms with van der Waals surface area (Å²) >= 11 is 0. The zero-order valence-electron chi connectivity index (χ0n) is 19.9. The van der Waals surface area contributed by atoms with Crippen molar-refractivity contribution >= 4 is 11.8 Å². The van der Waals surface area contributed by atoms with Crippen LogP contribution in [-0.4, -0.2) is 47.1 Å². The lowest BCUT2D eigenvalue weighted by atomic mass is 9.73. The van der Waals surface area contributed by atoms with Gasteiger partial charge < -0.3 is 14.7 Å². The van der Waals surface area contributed by atoms with Crippen molar-refractivity contribution < 1.29 is 23.0 Å². The number of ether oxygens (including phenoxy) is 1. The van der Waals surface area contributed by atoms with Crippen molar-refractivity contribution in [3.8, 4) is 16.9 Å². The quantitative estimate of drug-likeness (QED) is 0.471. The Balaban J connectivity index is 1.70. The second kappa shape index (κ2) is 9.34. The first kappa shape index (κ1) is 24.7. The molecule has 1 aromatic heterocycles. The topological polar surface area (TPSA) is 58.5 Å². The minimum absolute atomic E-state index is 0.280. The Hall–Kier alpha value is -3.39. The highest BCUT2D eigenvalue weighted by atomic mass is 19.4. The van der Waals surface area contributed by atoms with Gasteiger partial charge in [-0.15, -0.1) is 0 Å². The largest absolute Gasteiger partial charge is 0.496 e. The van der Waals surface area contributed by atoms with E-state index < -0.39 is 30.2 Å². The number of alkyl halides is 3. The van der Waals surface area contributed by atoms with Crippen LogP contribution in [0.5, 0.6) is 5.75 Å². The Morgan fingerprint density at radius 1 is 1.03 bits per heavy atom. The molecule has 5 nitrogen and oxygen atoms in total. The van der Waals surface area contributed by atoms with Gasteiger partial charge >= 0.3 is 6.18 Å². The van der Waals surface area contributed by atoms with E-state index in [0.717, 1.165) is 16.7 Å². The zero-order valence-corrected chi connectivity index (χ0v) is 19.9. The maximum absolute atomic E-state index is 14.5. The molecule has 0 bridgehead atoms. The predicted molar refractivity (Wildman–Crippen MR) is 130 cm³/mol. The molecule has 8 heteroatoms. The molecule has 0 fully saturated rings. The van der Waals surface area contributed by atoms with Gasteiger partial charge in [0.05, 0.1) is 13.7 Å². The zero-order chi connectivity index (χ0) is 25.3. The number of halogens is 3. The molecule has 35 heavy (non-hydrogen) atoms. The van der Waals surface area contributed by atoms with Crippen LogP contribution in [0.1, 0.15) is 31.4 Å². The summed E-state index contributed by atoms with van der Waals surface area (Å²) in [5, 5.41) is 11.2. The molecule has 1 unspecified atom stereocenters. The summed E-state index contributed by atoms with van der Waals surface area (Å²) in [7, 11) is 1.48. The molecule has 0 saturated heterocycles. The molecule has 1 atom stereocenters. The molecule has 1 aliphatic heterocycles. The van der Waals surface area contributed by atoms with E-state index in [1.54, 1.807) is 61.5 Å². The number of benzene rings is 2. The first-order valence-electron chi connectivity index (χ1n) is 11.3. The highest BCUT2D eigenvalue weighted by Gasteiger charge is 2.57. The van der Waals surface area contributed by atoms with Crippen LogP contribution in [0.2, 0.25) is 0 Å². The van der Waals surface area contributed by atoms with Crippen LogP contribution in [0.25, 0.3) is 17.2 Å². The number of anilines is 1. The number of fused-ring (bicyclic) bond motifs is 1. The van der Waals surface area contributed by atoms with E-state index in [9.17, 15) is 18.3 Å². The van der Waals surface area contributed by atoms with Crippen LogP contribution in [0.3, 0.4) is 0 Å². The van der Waals surface area contributed by atoms with Crippen molar-refractivity contribution in [3.63, 3.8) is 0 Å². The van der Waals surface area contributed by atoms with Gasteiger partial charge in [-0.25, -0.2) is 9.97 Å². The van der Waals surface area contributed by atoms with Gasteiger partial charge in [-0.2, -0.15) is 13.2 Å². The number of aliphatic hydroxyl groups is 1. The summed E-state index contributed by atoms with van der Waals surface area (Å²) in [6.07, 6.45) is 2.97. The van der Waals surface area contributed by atoms with E-state index in [-0.39, 0.29) is 6.54 Å². The number of hydrogen-bond acceptors (Lipinski definition) is 5. The molecule has 3 aromatic rings.